The molecule has 0 spiro atoms. The van der Waals surface area contributed by atoms with Crippen LogP contribution in [0.15, 0.2) is 71.2 Å². The van der Waals surface area contributed by atoms with Crippen molar-refractivity contribution in [1.82, 2.24) is 4.90 Å². The van der Waals surface area contributed by atoms with Crippen LogP contribution >= 0.6 is 11.3 Å². The molecule has 1 amide bonds. The molecule has 160 valence electrons. The second-order valence-electron chi connectivity index (χ2n) is 7.19. The lowest BCUT2D eigenvalue weighted by Gasteiger charge is -2.24. The Morgan fingerprint density at radius 1 is 1.10 bits per heavy atom. The van der Waals surface area contributed by atoms with Crippen molar-refractivity contribution in [2.45, 2.75) is 19.1 Å². The number of nitrogens with zero attached hydrogens (tertiary/aromatic N) is 2. The number of thiophene rings is 1. The number of hydrogen-bond acceptors (Lipinski definition) is 6. The summed E-state index contributed by atoms with van der Waals surface area (Å²) in [5, 5.41) is 6.20. The van der Waals surface area contributed by atoms with Gasteiger partial charge in [0.1, 0.15) is 0 Å². The molecule has 0 bridgehead atoms. The summed E-state index contributed by atoms with van der Waals surface area (Å²) >= 11 is 1.45. The van der Waals surface area contributed by atoms with Crippen LogP contribution < -0.4 is 9.47 Å². The molecule has 0 N–H and O–H groups in total. The van der Waals surface area contributed by atoms with Gasteiger partial charge in [-0.1, -0.05) is 41.6 Å². The van der Waals surface area contributed by atoms with E-state index in [0.717, 1.165) is 21.7 Å². The normalized spacial score (nSPS) is 15.2. The van der Waals surface area contributed by atoms with Crippen LogP contribution in [0.3, 0.4) is 0 Å². The Morgan fingerprint density at radius 2 is 1.90 bits per heavy atom. The van der Waals surface area contributed by atoms with E-state index in [-0.39, 0.29) is 12.0 Å². The molecule has 7 heteroatoms. The van der Waals surface area contributed by atoms with Crippen LogP contribution in [-0.2, 0) is 11.4 Å². The lowest BCUT2D eigenvalue weighted by Crippen LogP contribution is -2.37. The molecule has 31 heavy (non-hydrogen) atoms. The molecule has 6 nitrogen and oxygen atoms in total. The SMILES string of the molecule is COc1ccc(C2=NOC(CN(Cc3ccccc3)C(=O)c3cccs3)C2)cc1OC. The summed E-state index contributed by atoms with van der Waals surface area (Å²) in [7, 11) is 3.21. The fourth-order valence-corrected chi connectivity index (χ4v) is 4.23. The Labute approximate surface area is 185 Å². The highest BCUT2D eigenvalue weighted by Gasteiger charge is 2.28. The first-order valence-electron chi connectivity index (χ1n) is 9.99. The average molecular weight is 437 g/mol. The summed E-state index contributed by atoms with van der Waals surface area (Å²) in [5.41, 5.74) is 2.82. The number of hydrogen-bond donors (Lipinski definition) is 0. The van der Waals surface area contributed by atoms with Crippen LogP contribution in [0.1, 0.15) is 27.2 Å². The molecule has 0 fully saturated rings. The lowest BCUT2D eigenvalue weighted by molar-refractivity contribution is 0.0408. The molecule has 1 atom stereocenters. The molecule has 0 aliphatic carbocycles. The van der Waals surface area contributed by atoms with Crippen LogP contribution in [0.4, 0.5) is 0 Å². The lowest BCUT2D eigenvalue weighted by atomic mass is 10.0. The van der Waals surface area contributed by atoms with Crippen molar-refractivity contribution in [3.63, 3.8) is 0 Å². The van der Waals surface area contributed by atoms with E-state index in [4.69, 9.17) is 14.3 Å². The second kappa shape index (κ2) is 9.66. The third-order valence-corrected chi connectivity index (χ3v) is 5.97. The molecule has 2 heterocycles. The number of rotatable bonds is 8. The molecule has 1 aliphatic heterocycles. The molecular weight excluding hydrogens is 412 g/mol. The van der Waals surface area contributed by atoms with Gasteiger partial charge in [0.05, 0.1) is 31.4 Å². The van der Waals surface area contributed by atoms with Crippen LogP contribution in [0.2, 0.25) is 0 Å². The van der Waals surface area contributed by atoms with E-state index in [1.54, 1.807) is 14.2 Å². The molecule has 3 aromatic rings. The van der Waals surface area contributed by atoms with Crippen molar-refractivity contribution in [3.8, 4) is 11.5 Å². The van der Waals surface area contributed by atoms with Gasteiger partial charge in [0.15, 0.2) is 17.6 Å². The van der Waals surface area contributed by atoms with E-state index in [1.807, 2.05) is 70.9 Å². The number of methoxy groups -OCH3 is 2. The first-order chi connectivity index (χ1) is 15.2. The van der Waals surface area contributed by atoms with Crippen LogP contribution in [-0.4, -0.2) is 43.4 Å². The van der Waals surface area contributed by atoms with E-state index < -0.39 is 0 Å². The van der Waals surface area contributed by atoms with Crippen LogP contribution in [0, 0.1) is 0 Å². The van der Waals surface area contributed by atoms with Gasteiger partial charge in [-0.15, -0.1) is 11.3 Å². The average Bonchev–Trinajstić information content (AvgIpc) is 3.51. The Bertz CT molecular complexity index is 1050. The minimum atomic E-state index is -0.212. The Kier molecular flexibility index (Phi) is 6.52. The van der Waals surface area contributed by atoms with E-state index in [1.165, 1.54) is 11.3 Å². The highest BCUT2D eigenvalue weighted by Crippen LogP contribution is 2.30. The molecule has 4 rings (SSSR count). The van der Waals surface area contributed by atoms with Gasteiger partial charge in [-0.3, -0.25) is 4.79 Å². The largest absolute Gasteiger partial charge is 0.493 e. The number of amides is 1. The van der Waals surface area contributed by atoms with Crippen molar-refractivity contribution >= 4 is 23.0 Å². The van der Waals surface area contributed by atoms with Crippen molar-refractivity contribution in [3.05, 3.63) is 82.0 Å². The van der Waals surface area contributed by atoms with E-state index >= 15 is 0 Å². The molecule has 0 saturated carbocycles. The van der Waals surface area contributed by atoms with Crippen molar-refractivity contribution < 1.29 is 19.1 Å². The van der Waals surface area contributed by atoms with Gasteiger partial charge in [-0.05, 0) is 35.2 Å². The molecule has 0 saturated heterocycles. The van der Waals surface area contributed by atoms with Crippen LogP contribution in [0.25, 0.3) is 0 Å². The third kappa shape index (κ3) is 4.88. The van der Waals surface area contributed by atoms with Gasteiger partial charge in [0, 0.05) is 18.5 Å². The fraction of sp³-hybridized carbons (Fsp3) is 0.250. The quantitative estimate of drug-likeness (QED) is 0.518. The first-order valence-corrected chi connectivity index (χ1v) is 10.9. The van der Waals surface area contributed by atoms with Gasteiger partial charge in [-0.2, -0.15) is 0 Å². The van der Waals surface area contributed by atoms with E-state index in [0.29, 0.717) is 31.0 Å². The Hall–Kier alpha value is -3.32. The van der Waals surface area contributed by atoms with Gasteiger partial charge >= 0.3 is 0 Å². The maximum atomic E-state index is 13.1. The first kappa shape index (κ1) is 20.9. The number of carbonyl (C=O) groups excluding carboxylic acids is 1. The minimum Gasteiger partial charge on any atom is -0.493 e. The second-order valence-corrected chi connectivity index (χ2v) is 8.14. The van der Waals surface area contributed by atoms with Crippen molar-refractivity contribution in [2.24, 2.45) is 5.16 Å². The maximum absolute atomic E-state index is 13.1. The zero-order chi connectivity index (χ0) is 21.6. The van der Waals surface area contributed by atoms with E-state index in [2.05, 4.69) is 5.16 Å². The van der Waals surface area contributed by atoms with E-state index in [9.17, 15) is 4.79 Å². The molecule has 2 aromatic carbocycles. The number of carbonyl (C=O) groups is 1. The van der Waals surface area contributed by atoms with Gasteiger partial charge in [0.25, 0.3) is 5.91 Å². The van der Waals surface area contributed by atoms with Crippen molar-refractivity contribution in [2.75, 3.05) is 20.8 Å². The standard InChI is InChI=1S/C24H24N2O4S/c1-28-21-11-10-18(13-22(21)29-2)20-14-19(30-25-20)16-26(15-17-7-4-3-5-8-17)24(27)23-9-6-12-31-23/h3-13,19H,14-16H2,1-2H3. The molecule has 0 radical (unpaired) electrons. The number of benzene rings is 2. The number of oxime groups is 1. The third-order valence-electron chi connectivity index (χ3n) is 5.11. The van der Waals surface area contributed by atoms with Gasteiger partial charge in [0.2, 0.25) is 0 Å². The molecule has 1 aromatic heterocycles. The summed E-state index contributed by atoms with van der Waals surface area (Å²) < 4.78 is 10.7. The monoisotopic (exact) mass is 436 g/mol. The summed E-state index contributed by atoms with van der Waals surface area (Å²) in [4.78, 5) is 21.4. The molecular formula is C24H24N2O4S. The predicted molar refractivity (Wildman–Crippen MR) is 121 cm³/mol. The number of ether oxygens (including phenoxy) is 2. The summed E-state index contributed by atoms with van der Waals surface area (Å²) in [6.45, 7) is 0.967. The van der Waals surface area contributed by atoms with Crippen LogP contribution in [0.5, 0.6) is 11.5 Å². The maximum Gasteiger partial charge on any atom is 0.264 e. The highest BCUT2D eigenvalue weighted by atomic mass is 32.1. The summed E-state index contributed by atoms with van der Waals surface area (Å²) in [6.07, 6.45) is 0.397. The Morgan fingerprint density at radius 3 is 2.61 bits per heavy atom. The summed E-state index contributed by atoms with van der Waals surface area (Å²) in [6, 6.07) is 19.4. The summed E-state index contributed by atoms with van der Waals surface area (Å²) in [5.74, 6) is 1.31. The molecule has 1 unspecified atom stereocenters. The minimum absolute atomic E-state index is 0.00187. The highest BCUT2D eigenvalue weighted by molar-refractivity contribution is 7.12. The topological polar surface area (TPSA) is 60.4 Å². The van der Waals surface area contributed by atoms with Gasteiger partial charge < -0.3 is 19.2 Å². The molecule has 1 aliphatic rings. The smallest absolute Gasteiger partial charge is 0.264 e. The van der Waals surface area contributed by atoms with Crippen molar-refractivity contribution in [1.29, 1.82) is 0 Å². The zero-order valence-electron chi connectivity index (χ0n) is 17.5. The zero-order valence-corrected chi connectivity index (χ0v) is 18.3. The fourth-order valence-electron chi connectivity index (χ4n) is 3.54. The van der Waals surface area contributed by atoms with Gasteiger partial charge in [-0.25, -0.2) is 0 Å². The predicted octanol–water partition coefficient (Wildman–Crippen LogP) is 4.60. The Balaban J connectivity index is 1.47.